The number of anilines is 1. The SMILES string of the molecule is Cc1ccccc1N1C(=O)/C(=C/c2ccc(O)c(I)c2)C(=O)NC1=S. The van der Waals surface area contributed by atoms with Crippen molar-refractivity contribution in [2.24, 2.45) is 0 Å². The molecule has 1 saturated heterocycles. The molecule has 0 aliphatic carbocycles. The zero-order valence-corrected chi connectivity index (χ0v) is 16.1. The monoisotopic (exact) mass is 464 g/mol. The molecule has 0 spiro atoms. The highest BCUT2D eigenvalue weighted by molar-refractivity contribution is 14.1. The highest BCUT2D eigenvalue weighted by Crippen LogP contribution is 2.26. The number of phenols is 1. The summed E-state index contributed by atoms with van der Waals surface area (Å²) in [6, 6.07) is 12.2. The third-order valence-electron chi connectivity index (χ3n) is 3.74. The van der Waals surface area contributed by atoms with E-state index in [1.165, 1.54) is 17.0 Å². The molecule has 0 radical (unpaired) electrons. The lowest BCUT2D eigenvalue weighted by Gasteiger charge is -2.30. The molecule has 2 aromatic rings. The third kappa shape index (κ3) is 3.42. The Morgan fingerprint density at radius 2 is 1.92 bits per heavy atom. The molecule has 0 saturated carbocycles. The number of halogens is 1. The molecule has 5 nitrogen and oxygen atoms in total. The van der Waals surface area contributed by atoms with Crippen LogP contribution in [0.25, 0.3) is 6.08 Å². The number of aryl methyl sites for hydroxylation is 1. The highest BCUT2D eigenvalue weighted by Gasteiger charge is 2.34. The normalized spacial score (nSPS) is 16.3. The van der Waals surface area contributed by atoms with Crippen molar-refractivity contribution in [1.82, 2.24) is 5.32 Å². The first-order valence-corrected chi connectivity index (χ1v) is 8.83. The number of amides is 2. The predicted molar refractivity (Wildman–Crippen MR) is 108 cm³/mol. The molecule has 0 bridgehead atoms. The molecular weight excluding hydrogens is 451 g/mol. The van der Waals surface area contributed by atoms with Crippen LogP contribution in [-0.2, 0) is 9.59 Å². The van der Waals surface area contributed by atoms with E-state index in [-0.39, 0.29) is 16.4 Å². The fourth-order valence-electron chi connectivity index (χ4n) is 2.47. The van der Waals surface area contributed by atoms with Gasteiger partial charge >= 0.3 is 0 Å². The Labute approximate surface area is 163 Å². The molecule has 1 aliphatic heterocycles. The van der Waals surface area contributed by atoms with E-state index in [4.69, 9.17) is 12.2 Å². The van der Waals surface area contributed by atoms with Crippen molar-refractivity contribution in [3.05, 3.63) is 62.7 Å². The predicted octanol–water partition coefficient (Wildman–Crippen LogP) is 3.14. The lowest BCUT2D eigenvalue weighted by Crippen LogP contribution is -2.54. The topological polar surface area (TPSA) is 69.6 Å². The van der Waals surface area contributed by atoms with Gasteiger partial charge in [0.05, 0.1) is 9.26 Å². The first-order valence-electron chi connectivity index (χ1n) is 7.34. The van der Waals surface area contributed by atoms with Crippen LogP contribution in [0.5, 0.6) is 5.75 Å². The summed E-state index contributed by atoms with van der Waals surface area (Å²) in [6.45, 7) is 1.87. The minimum absolute atomic E-state index is 0.0154. The first-order chi connectivity index (χ1) is 11.9. The summed E-state index contributed by atoms with van der Waals surface area (Å²) in [5, 5.41) is 12.2. The van der Waals surface area contributed by atoms with E-state index >= 15 is 0 Å². The summed E-state index contributed by atoms with van der Waals surface area (Å²) in [5.41, 5.74) is 2.12. The number of hydrogen-bond donors (Lipinski definition) is 2. The van der Waals surface area contributed by atoms with Gasteiger partial charge in [-0.2, -0.15) is 0 Å². The van der Waals surface area contributed by atoms with Gasteiger partial charge in [0.1, 0.15) is 11.3 Å². The summed E-state index contributed by atoms with van der Waals surface area (Å²) in [4.78, 5) is 26.5. The Morgan fingerprint density at radius 3 is 2.60 bits per heavy atom. The van der Waals surface area contributed by atoms with Crippen LogP contribution in [0.4, 0.5) is 5.69 Å². The molecule has 3 rings (SSSR count). The maximum absolute atomic E-state index is 12.9. The van der Waals surface area contributed by atoms with Crippen LogP contribution >= 0.6 is 34.8 Å². The van der Waals surface area contributed by atoms with Crippen LogP contribution < -0.4 is 10.2 Å². The van der Waals surface area contributed by atoms with Gasteiger partial charge in [-0.15, -0.1) is 0 Å². The van der Waals surface area contributed by atoms with Crippen molar-refractivity contribution < 1.29 is 14.7 Å². The van der Waals surface area contributed by atoms with Crippen LogP contribution in [0, 0.1) is 10.5 Å². The summed E-state index contributed by atoms with van der Waals surface area (Å²) >= 11 is 7.17. The number of phenolic OH excluding ortho intramolecular Hbond substituents is 1. The second-order valence-corrected chi connectivity index (χ2v) is 7.00. The van der Waals surface area contributed by atoms with Crippen molar-refractivity contribution >= 4 is 63.5 Å². The molecule has 1 aliphatic rings. The minimum atomic E-state index is -0.539. The van der Waals surface area contributed by atoms with Crippen LogP contribution in [0.2, 0.25) is 0 Å². The maximum Gasteiger partial charge on any atom is 0.270 e. The van der Waals surface area contributed by atoms with Gasteiger partial charge in [0.2, 0.25) is 0 Å². The number of hydrogen-bond acceptors (Lipinski definition) is 4. The van der Waals surface area contributed by atoms with E-state index in [0.29, 0.717) is 14.8 Å². The molecule has 1 heterocycles. The van der Waals surface area contributed by atoms with E-state index < -0.39 is 11.8 Å². The third-order valence-corrected chi connectivity index (χ3v) is 4.89. The average Bonchev–Trinajstić information content (AvgIpc) is 2.56. The van der Waals surface area contributed by atoms with E-state index in [2.05, 4.69) is 5.32 Å². The summed E-state index contributed by atoms with van der Waals surface area (Å²) < 4.78 is 0.627. The van der Waals surface area contributed by atoms with Crippen molar-refractivity contribution in [2.75, 3.05) is 4.90 Å². The average molecular weight is 464 g/mol. The lowest BCUT2D eigenvalue weighted by atomic mass is 10.1. The summed E-state index contributed by atoms with van der Waals surface area (Å²) in [5.74, 6) is -0.876. The number of thiocarbonyl (C=S) groups is 1. The van der Waals surface area contributed by atoms with Gasteiger partial charge in [0, 0.05) is 0 Å². The molecule has 7 heteroatoms. The number of nitrogens with one attached hydrogen (secondary N) is 1. The fraction of sp³-hybridized carbons (Fsp3) is 0.0556. The van der Waals surface area contributed by atoms with Gasteiger partial charge < -0.3 is 5.11 Å². The first kappa shape index (κ1) is 17.6. The van der Waals surface area contributed by atoms with Crippen LogP contribution in [-0.4, -0.2) is 22.0 Å². The molecule has 2 N–H and O–H groups in total. The Morgan fingerprint density at radius 1 is 1.20 bits per heavy atom. The maximum atomic E-state index is 12.9. The summed E-state index contributed by atoms with van der Waals surface area (Å²) in [7, 11) is 0. The zero-order chi connectivity index (χ0) is 18.1. The Hall–Kier alpha value is -2.26. The van der Waals surface area contributed by atoms with Gasteiger partial charge in [-0.05, 0) is 77.1 Å². The van der Waals surface area contributed by atoms with Gasteiger partial charge in [-0.1, -0.05) is 24.3 Å². The Kier molecular flexibility index (Phi) is 4.87. The van der Waals surface area contributed by atoms with Gasteiger partial charge in [0.25, 0.3) is 11.8 Å². The molecule has 0 atom stereocenters. The number of nitrogens with zero attached hydrogens (tertiary/aromatic N) is 1. The van der Waals surface area contributed by atoms with E-state index in [0.717, 1.165) is 5.56 Å². The number of aromatic hydroxyl groups is 1. The molecule has 0 unspecified atom stereocenters. The van der Waals surface area contributed by atoms with Crippen LogP contribution in [0.1, 0.15) is 11.1 Å². The molecule has 1 fully saturated rings. The summed E-state index contributed by atoms with van der Waals surface area (Å²) in [6.07, 6.45) is 1.49. The van der Waals surface area contributed by atoms with Crippen LogP contribution in [0.3, 0.4) is 0 Å². The smallest absolute Gasteiger partial charge is 0.270 e. The molecule has 126 valence electrons. The minimum Gasteiger partial charge on any atom is -0.507 e. The number of rotatable bonds is 2. The molecule has 2 amide bonds. The largest absolute Gasteiger partial charge is 0.507 e. The fourth-order valence-corrected chi connectivity index (χ4v) is 3.28. The number of carbonyl (C=O) groups excluding carboxylic acids is 2. The molecule has 2 aromatic carbocycles. The van der Waals surface area contributed by atoms with Gasteiger partial charge in [0.15, 0.2) is 5.11 Å². The number of benzene rings is 2. The second kappa shape index (κ2) is 6.93. The van der Waals surface area contributed by atoms with Crippen molar-refractivity contribution in [3.63, 3.8) is 0 Å². The molecule has 0 aromatic heterocycles. The lowest BCUT2D eigenvalue weighted by molar-refractivity contribution is -0.122. The van der Waals surface area contributed by atoms with Crippen LogP contribution in [0.15, 0.2) is 48.0 Å². The Balaban J connectivity index is 2.05. The van der Waals surface area contributed by atoms with Crippen molar-refractivity contribution in [1.29, 1.82) is 0 Å². The second-order valence-electron chi connectivity index (χ2n) is 5.46. The quantitative estimate of drug-likeness (QED) is 0.310. The molecule has 25 heavy (non-hydrogen) atoms. The van der Waals surface area contributed by atoms with Crippen molar-refractivity contribution in [2.45, 2.75) is 6.92 Å². The zero-order valence-electron chi connectivity index (χ0n) is 13.1. The van der Waals surface area contributed by atoms with Gasteiger partial charge in [-0.3, -0.25) is 19.8 Å². The standard InChI is InChI=1S/C18H13IN2O3S/c1-10-4-2-3-5-14(10)21-17(24)12(16(23)20-18(21)25)8-11-6-7-15(22)13(19)9-11/h2-9,22H,1H3,(H,20,23,25)/b12-8+. The highest BCUT2D eigenvalue weighted by atomic mass is 127. The van der Waals surface area contributed by atoms with Crippen molar-refractivity contribution in [3.8, 4) is 5.75 Å². The van der Waals surface area contributed by atoms with E-state index in [9.17, 15) is 14.7 Å². The van der Waals surface area contributed by atoms with E-state index in [1.807, 2.05) is 41.6 Å². The number of para-hydroxylation sites is 1. The van der Waals surface area contributed by atoms with Gasteiger partial charge in [-0.25, -0.2) is 0 Å². The van der Waals surface area contributed by atoms with E-state index in [1.54, 1.807) is 24.3 Å². The molecular formula is C18H13IN2O3S. The Bertz CT molecular complexity index is 940. The number of carbonyl (C=O) groups is 2.